The van der Waals surface area contributed by atoms with Crippen molar-refractivity contribution in [2.75, 3.05) is 13.2 Å². The third-order valence-corrected chi connectivity index (χ3v) is 5.73. The van der Waals surface area contributed by atoms with Crippen LogP contribution in [-0.4, -0.2) is 35.3 Å². The molecule has 4 nitrogen and oxygen atoms in total. The predicted molar refractivity (Wildman–Crippen MR) is 99.2 cm³/mol. The second-order valence-electron chi connectivity index (χ2n) is 7.59. The minimum Gasteiger partial charge on any atom is -0.385 e. The molecule has 2 aromatic carbocycles. The number of aliphatic hydroxyl groups is 1. The Hall–Kier alpha value is -2.26. The number of fused-ring (bicyclic) bond motifs is 2. The van der Waals surface area contributed by atoms with Gasteiger partial charge in [-0.1, -0.05) is 42.5 Å². The topological polar surface area (TPSA) is 56.5 Å². The molecule has 2 bridgehead atoms. The quantitative estimate of drug-likeness (QED) is 0.903. The molecule has 0 aromatic heterocycles. The fraction of sp³-hybridized carbons (Fsp3) is 0.409. The van der Waals surface area contributed by atoms with Crippen LogP contribution in [0.15, 0.2) is 48.5 Å². The molecule has 0 radical (unpaired) electrons. The van der Waals surface area contributed by atoms with Crippen LogP contribution in [0.3, 0.4) is 0 Å². The van der Waals surface area contributed by atoms with Crippen LogP contribution in [0.5, 0.6) is 0 Å². The van der Waals surface area contributed by atoms with Crippen LogP contribution in [0, 0.1) is 17.1 Å². The van der Waals surface area contributed by atoms with Gasteiger partial charge in [0.1, 0.15) is 5.82 Å². The summed E-state index contributed by atoms with van der Waals surface area (Å²) in [7, 11) is 0. The second-order valence-corrected chi connectivity index (χ2v) is 7.59. The van der Waals surface area contributed by atoms with Crippen LogP contribution < -0.4 is 0 Å². The zero-order valence-electron chi connectivity index (χ0n) is 15.1. The van der Waals surface area contributed by atoms with Gasteiger partial charge in [0.05, 0.1) is 31.3 Å². The smallest absolute Gasteiger partial charge is 0.129 e. The molecule has 0 amide bonds. The molecule has 5 heteroatoms. The highest BCUT2D eigenvalue weighted by Crippen LogP contribution is 2.42. The Bertz CT molecular complexity index is 835. The minimum atomic E-state index is -1.21. The average molecular weight is 366 g/mol. The summed E-state index contributed by atoms with van der Waals surface area (Å²) < 4.78 is 20.4. The molecule has 2 heterocycles. The van der Waals surface area contributed by atoms with Crippen molar-refractivity contribution in [2.24, 2.45) is 0 Å². The van der Waals surface area contributed by atoms with Crippen LogP contribution >= 0.6 is 0 Å². The largest absolute Gasteiger partial charge is 0.385 e. The van der Waals surface area contributed by atoms with Crippen LogP contribution in [0.2, 0.25) is 0 Å². The molecule has 2 atom stereocenters. The number of hydrogen-bond donors (Lipinski definition) is 1. The molecule has 0 aliphatic carbocycles. The van der Waals surface area contributed by atoms with Crippen LogP contribution in [-0.2, 0) is 23.3 Å². The number of halogens is 1. The molecule has 2 unspecified atom stereocenters. The molecule has 0 saturated carbocycles. The van der Waals surface area contributed by atoms with Gasteiger partial charge in [-0.25, -0.2) is 4.39 Å². The summed E-state index contributed by atoms with van der Waals surface area (Å²) >= 11 is 0. The number of benzene rings is 2. The third-order valence-electron chi connectivity index (χ3n) is 5.73. The summed E-state index contributed by atoms with van der Waals surface area (Å²) in [6.45, 7) is 1.89. The summed E-state index contributed by atoms with van der Waals surface area (Å²) in [5.74, 6) is -0.430. The molecule has 27 heavy (non-hydrogen) atoms. The van der Waals surface area contributed by atoms with E-state index in [0.29, 0.717) is 37.2 Å². The number of rotatable bonds is 4. The van der Waals surface area contributed by atoms with E-state index in [-0.39, 0.29) is 18.5 Å². The Morgan fingerprint density at radius 2 is 1.81 bits per heavy atom. The van der Waals surface area contributed by atoms with Gasteiger partial charge in [-0.2, -0.15) is 5.26 Å². The van der Waals surface area contributed by atoms with E-state index < -0.39 is 11.4 Å². The van der Waals surface area contributed by atoms with E-state index in [1.165, 1.54) is 11.6 Å². The Morgan fingerprint density at radius 3 is 2.44 bits per heavy atom. The van der Waals surface area contributed by atoms with Gasteiger partial charge >= 0.3 is 0 Å². The summed E-state index contributed by atoms with van der Waals surface area (Å²) in [5.41, 5.74) is 0.987. The van der Waals surface area contributed by atoms with Crippen molar-refractivity contribution >= 4 is 0 Å². The van der Waals surface area contributed by atoms with Crippen molar-refractivity contribution in [3.05, 3.63) is 71.0 Å². The number of morpholine rings is 1. The van der Waals surface area contributed by atoms with Gasteiger partial charge in [0, 0.05) is 24.2 Å². The molecule has 2 saturated heterocycles. The molecule has 2 aliphatic rings. The van der Waals surface area contributed by atoms with E-state index in [9.17, 15) is 9.50 Å². The SMILES string of the molecule is N#CCc1ccc(C2(O)CC3COCC(C2)N3Cc2ccccc2)c(F)c1. The van der Waals surface area contributed by atoms with Gasteiger partial charge in [0.15, 0.2) is 0 Å². The summed E-state index contributed by atoms with van der Waals surface area (Å²) in [6, 6.07) is 17.1. The van der Waals surface area contributed by atoms with E-state index >= 15 is 0 Å². The van der Waals surface area contributed by atoms with Gasteiger partial charge in [0.2, 0.25) is 0 Å². The molecular weight excluding hydrogens is 343 g/mol. The first kappa shape index (κ1) is 18.1. The summed E-state index contributed by atoms with van der Waals surface area (Å²) in [6.07, 6.45) is 1.04. The number of nitriles is 1. The first-order valence-corrected chi connectivity index (χ1v) is 9.35. The highest BCUT2D eigenvalue weighted by Gasteiger charge is 2.47. The van der Waals surface area contributed by atoms with E-state index in [4.69, 9.17) is 10.00 Å². The van der Waals surface area contributed by atoms with Crippen molar-refractivity contribution in [3.63, 3.8) is 0 Å². The average Bonchev–Trinajstić information content (AvgIpc) is 2.64. The standard InChI is InChI=1S/C22H23FN2O2/c23-21-10-16(8-9-24)6-7-20(21)22(26)11-18-14-27-15-19(12-22)25(18)13-17-4-2-1-3-5-17/h1-7,10,18-19,26H,8,11-15H2. The Balaban J connectivity index is 1.58. The lowest BCUT2D eigenvalue weighted by Crippen LogP contribution is -2.60. The normalized spacial score (nSPS) is 27.9. The van der Waals surface area contributed by atoms with Crippen LogP contribution in [0.25, 0.3) is 0 Å². The highest BCUT2D eigenvalue weighted by atomic mass is 19.1. The number of piperidine rings is 1. The predicted octanol–water partition coefficient (Wildman–Crippen LogP) is 3.14. The molecule has 1 N–H and O–H groups in total. The maximum atomic E-state index is 14.7. The maximum absolute atomic E-state index is 14.7. The monoisotopic (exact) mass is 366 g/mol. The van der Waals surface area contributed by atoms with Gasteiger partial charge in [-0.05, 0) is 30.0 Å². The Kier molecular flexibility index (Phi) is 4.96. The fourth-order valence-corrected chi connectivity index (χ4v) is 4.45. The lowest BCUT2D eigenvalue weighted by molar-refractivity contribution is -0.150. The second kappa shape index (κ2) is 7.40. The highest BCUT2D eigenvalue weighted by molar-refractivity contribution is 5.32. The van der Waals surface area contributed by atoms with Crippen molar-refractivity contribution in [3.8, 4) is 6.07 Å². The lowest BCUT2D eigenvalue weighted by atomic mass is 9.76. The van der Waals surface area contributed by atoms with Crippen molar-refractivity contribution in [2.45, 2.75) is 43.5 Å². The lowest BCUT2D eigenvalue weighted by Gasteiger charge is -2.52. The molecule has 4 rings (SSSR count). The molecule has 140 valence electrons. The zero-order chi connectivity index (χ0) is 18.9. The van der Waals surface area contributed by atoms with E-state index in [0.717, 1.165) is 6.54 Å². The van der Waals surface area contributed by atoms with Crippen LogP contribution in [0.4, 0.5) is 4.39 Å². The maximum Gasteiger partial charge on any atom is 0.129 e. The fourth-order valence-electron chi connectivity index (χ4n) is 4.45. The first-order chi connectivity index (χ1) is 13.1. The first-order valence-electron chi connectivity index (χ1n) is 9.35. The molecular formula is C22H23FN2O2. The zero-order valence-corrected chi connectivity index (χ0v) is 15.1. The van der Waals surface area contributed by atoms with Crippen LogP contribution in [0.1, 0.15) is 29.5 Å². The Labute approximate surface area is 158 Å². The van der Waals surface area contributed by atoms with Crippen molar-refractivity contribution in [1.82, 2.24) is 4.90 Å². The molecule has 2 aliphatic heterocycles. The number of nitrogens with zero attached hydrogens (tertiary/aromatic N) is 2. The third kappa shape index (κ3) is 3.61. The molecule has 2 fully saturated rings. The minimum absolute atomic E-state index is 0.0425. The van der Waals surface area contributed by atoms with Crippen molar-refractivity contribution < 1.29 is 14.2 Å². The van der Waals surface area contributed by atoms with Gasteiger partial charge in [0.25, 0.3) is 0 Å². The summed E-state index contributed by atoms with van der Waals surface area (Å²) in [5, 5.41) is 20.1. The van der Waals surface area contributed by atoms with Gasteiger partial charge in [-0.15, -0.1) is 0 Å². The number of ether oxygens (including phenoxy) is 1. The van der Waals surface area contributed by atoms with E-state index in [2.05, 4.69) is 17.0 Å². The molecule has 0 spiro atoms. The number of hydrogen-bond acceptors (Lipinski definition) is 4. The molecule has 2 aromatic rings. The van der Waals surface area contributed by atoms with Gasteiger partial charge in [-0.3, -0.25) is 4.90 Å². The van der Waals surface area contributed by atoms with E-state index in [1.807, 2.05) is 24.3 Å². The van der Waals surface area contributed by atoms with E-state index in [1.54, 1.807) is 12.1 Å². The van der Waals surface area contributed by atoms with Gasteiger partial charge < -0.3 is 9.84 Å². The summed E-state index contributed by atoms with van der Waals surface area (Å²) in [4.78, 5) is 2.38. The Morgan fingerprint density at radius 1 is 1.11 bits per heavy atom. The van der Waals surface area contributed by atoms with Crippen molar-refractivity contribution in [1.29, 1.82) is 5.26 Å².